The number of anilines is 2. The number of rotatable bonds is 3. The van der Waals surface area contributed by atoms with E-state index in [-0.39, 0.29) is 16.7 Å². The molecule has 2 aliphatic rings. The second kappa shape index (κ2) is 6.09. The molecule has 1 unspecified atom stereocenters. The third-order valence-corrected chi connectivity index (χ3v) is 7.36. The van der Waals surface area contributed by atoms with Gasteiger partial charge in [0, 0.05) is 16.7 Å². The van der Waals surface area contributed by atoms with E-state index in [2.05, 4.69) is 20.7 Å². The van der Waals surface area contributed by atoms with Crippen molar-refractivity contribution in [3.8, 4) is 0 Å². The number of amides is 1. The lowest BCUT2D eigenvalue weighted by molar-refractivity contribution is -0.119. The molecule has 2 aliphatic heterocycles. The molecule has 0 aliphatic carbocycles. The van der Waals surface area contributed by atoms with Gasteiger partial charge in [-0.25, -0.2) is 8.42 Å². The lowest BCUT2D eigenvalue weighted by Gasteiger charge is -2.26. The lowest BCUT2D eigenvalue weighted by atomic mass is 9.97. The Morgan fingerprint density at radius 2 is 2.00 bits per heavy atom. The van der Waals surface area contributed by atoms with Gasteiger partial charge >= 0.3 is 0 Å². The average Bonchev–Trinajstić information content (AvgIpc) is 2.85. The van der Waals surface area contributed by atoms with Crippen molar-refractivity contribution in [3.05, 3.63) is 51.5 Å². The van der Waals surface area contributed by atoms with Crippen molar-refractivity contribution in [2.24, 2.45) is 0 Å². The fourth-order valence-corrected chi connectivity index (χ4v) is 5.12. The Labute approximate surface area is 161 Å². The van der Waals surface area contributed by atoms with E-state index in [4.69, 9.17) is 0 Å². The highest BCUT2D eigenvalue weighted by Gasteiger charge is 2.38. The van der Waals surface area contributed by atoms with E-state index in [0.29, 0.717) is 12.2 Å². The normalized spacial score (nSPS) is 18.8. The molecule has 0 fully saturated rings. The van der Waals surface area contributed by atoms with Crippen LogP contribution in [-0.2, 0) is 21.2 Å². The first-order valence-electron chi connectivity index (χ1n) is 8.55. The summed E-state index contributed by atoms with van der Waals surface area (Å²) in [6.07, 6.45) is 1.65. The summed E-state index contributed by atoms with van der Waals surface area (Å²) in [6, 6.07) is 8.69. The molecule has 26 heavy (non-hydrogen) atoms. The van der Waals surface area contributed by atoms with Crippen molar-refractivity contribution in [2.45, 2.75) is 37.5 Å². The first-order valence-corrected chi connectivity index (χ1v) is 10.8. The highest BCUT2D eigenvalue weighted by Crippen LogP contribution is 2.44. The third-order valence-electron chi connectivity index (χ3n) is 5.11. The predicted octanol–water partition coefficient (Wildman–Crippen LogP) is 3.95. The van der Waals surface area contributed by atoms with Gasteiger partial charge in [0.05, 0.1) is 16.5 Å². The van der Waals surface area contributed by atoms with E-state index >= 15 is 0 Å². The minimum absolute atomic E-state index is 0.0620. The first kappa shape index (κ1) is 17.5. The molecule has 1 N–H and O–H groups in total. The van der Waals surface area contributed by atoms with Crippen molar-refractivity contribution in [2.75, 3.05) is 16.2 Å². The van der Waals surface area contributed by atoms with Crippen LogP contribution in [-0.4, -0.2) is 20.9 Å². The van der Waals surface area contributed by atoms with Crippen LogP contribution in [0.4, 0.5) is 11.4 Å². The summed E-state index contributed by atoms with van der Waals surface area (Å²) in [7, 11) is -3.73. The number of carbonyl (C=O) groups excluding carboxylic acids is 1. The van der Waals surface area contributed by atoms with Crippen LogP contribution in [0.15, 0.2) is 39.7 Å². The largest absolute Gasteiger partial charge is 0.311 e. The Kier molecular flexibility index (Phi) is 4.11. The maximum absolute atomic E-state index is 12.9. The molecule has 4 rings (SSSR count). The van der Waals surface area contributed by atoms with Crippen LogP contribution in [0.2, 0.25) is 0 Å². The van der Waals surface area contributed by atoms with Gasteiger partial charge in [-0.2, -0.15) is 0 Å². The topological polar surface area (TPSA) is 66.5 Å². The Balaban J connectivity index is 1.76. The minimum atomic E-state index is -3.73. The molecule has 0 saturated carbocycles. The summed E-state index contributed by atoms with van der Waals surface area (Å²) in [4.78, 5) is 14.5. The van der Waals surface area contributed by atoms with Gasteiger partial charge in [0.15, 0.2) is 0 Å². The second-order valence-corrected chi connectivity index (χ2v) is 9.44. The lowest BCUT2D eigenvalue weighted by Crippen LogP contribution is -2.32. The van der Waals surface area contributed by atoms with Crippen LogP contribution in [0.5, 0.6) is 0 Å². The fourth-order valence-electron chi connectivity index (χ4n) is 3.74. The number of nitrogens with one attached hydrogen (secondary N) is 1. The van der Waals surface area contributed by atoms with Gasteiger partial charge in [-0.3, -0.25) is 9.52 Å². The van der Waals surface area contributed by atoms with Gasteiger partial charge in [0.1, 0.15) is 0 Å². The van der Waals surface area contributed by atoms with E-state index in [0.717, 1.165) is 39.7 Å². The van der Waals surface area contributed by atoms with Crippen LogP contribution >= 0.6 is 15.9 Å². The minimum Gasteiger partial charge on any atom is -0.311 e. The van der Waals surface area contributed by atoms with Gasteiger partial charge in [0.2, 0.25) is 5.91 Å². The van der Waals surface area contributed by atoms with Crippen LogP contribution in [0.25, 0.3) is 0 Å². The zero-order valence-electron chi connectivity index (χ0n) is 14.5. The number of hydrogen-bond acceptors (Lipinski definition) is 3. The van der Waals surface area contributed by atoms with Crippen LogP contribution < -0.4 is 9.62 Å². The van der Waals surface area contributed by atoms with Crippen molar-refractivity contribution in [3.63, 3.8) is 0 Å². The zero-order valence-corrected chi connectivity index (χ0v) is 16.9. The smallest absolute Gasteiger partial charge is 0.261 e. The molecular formula is C19H19BrN2O3S. The van der Waals surface area contributed by atoms with Gasteiger partial charge in [-0.1, -0.05) is 15.9 Å². The quantitative estimate of drug-likeness (QED) is 0.794. The molecule has 2 aromatic carbocycles. The van der Waals surface area contributed by atoms with Gasteiger partial charge < -0.3 is 4.90 Å². The molecule has 136 valence electrons. The maximum atomic E-state index is 12.9. The monoisotopic (exact) mass is 434 g/mol. The van der Waals surface area contributed by atoms with E-state index < -0.39 is 10.0 Å². The van der Waals surface area contributed by atoms with E-state index in [1.165, 1.54) is 0 Å². The zero-order chi connectivity index (χ0) is 18.6. The van der Waals surface area contributed by atoms with E-state index in [9.17, 15) is 13.2 Å². The molecule has 7 heteroatoms. The average molecular weight is 435 g/mol. The molecule has 0 radical (unpaired) electrons. The standard InChI is InChI=1S/C19H19BrN2O3S/c1-11-8-14(5-6-17(11)20)21-26(24,25)15-9-13-4-3-7-22-18(13)16(10-15)12(2)19(22)23/h5-6,8-10,12,21H,3-4,7H2,1-2H3. The molecule has 0 aromatic heterocycles. The fraction of sp³-hybridized carbons (Fsp3) is 0.316. The Bertz CT molecular complexity index is 1030. The van der Waals surface area contributed by atoms with Gasteiger partial charge in [0.25, 0.3) is 10.0 Å². The third kappa shape index (κ3) is 2.74. The number of hydrogen-bond donors (Lipinski definition) is 1. The SMILES string of the molecule is Cc1cc(NS(=O)(=O)c2cc3c4c(c2)C(C)C(=O)N4CCC3)ccc1Br. The highest BCUT2D eigenvalue weighted by molar-refractivity contribution is 9.10. The summed E-state index contributed by atoms with van der Waals surface area (Å²) in [5.74, 6) is -0.237. The molecule has 1 atom stereocenters. The molecule has 1 amide bonds. The van der Waals surface area contributed by atoms with E-state index in [1.807, 2.05) is 19.9 Å². The van der Waals surface area contributed by atoms with Crippen LogP contribution in [0, 0.1) is 6.92 Å². The summed E-state index contributed by atoms with van der Waals surface area (Å²) in [5.41, 5.74) is 4.15. The van der Waals surface area contributed by atoms with Gasteiger partial charge in [-0.15, -0.1) is 0 Å². The molecule has 0 bridgehead atoms. The molecule has 2 aromatic rings. The molecule has 0 saturated heterocycles. The summed E-state index contributed by atoms with van der Waals surface area (Å²) in [5, 5.41) is 0. The Hall–Kier alpha value is -1.86. The van der Waals surface area contributed by atoms with Crippen molar-refractivity contribution >= 4 is 43.2 Å². The highest BCUT2D eigenvalue weighted by atomic mass is 79.9. The second-order valence-electron chi connectivity index (χ2n) is 6.90. The van der Waals surface area contributed by atoms with Crippen molar-refractivity contribution in [1.29, 1.82) is 0 Å². The van der Waals surface area contributed by atoms with Crippen molar-refractivity contribution in [1.82, 2.24) is 0 Å². The number of benzene rings is 2. The molecular weight excluding hydrogens is 416 g/mol. The van der Waals surface area contributed by atoms with Crippen LogP contribution in [0.1, 0.15) is 36.0 Å². The maximum Gasteiger partial charge on any atom is 0.261 e. The summed E-state index contributed by atoms with van der Waals surface area (Å²) < 4.78 is 29.4. The van der Waals surface area contributed by atoms with Crippen LogP contribution in [0.3, 0.4) is 0 Å². The number of nitrogens with zero attached hydrogens (tertiary/aromatic N) is 1. The predicted molar refractivity (Wildman–Crippen MR) is 105 cm³/mol. The number of carbonyl (C=O) groups is 1. The number of sulfonamides is 1. The number of aryl methyl sites for hydroxylation is 2. The van der Waals surface area contributed by atoms with Gasteiger partial charge in [-0.05, 0) is 73.7 Å². The summed E-state index contributed by atoms with van der Waals surface area (Å²) >= 11 is 3.42. The van der Waals surface area contributed by atoms with E-state index in [1.54, 1.807) is 29.2 Å². The van der Waals surface area contributed by atoms with Crippen molar-refractivity contribution < 1.29 is 13.2 Å². The summed E-state index contributed by atoms with van der Waals surface area (Å²) in [6.45, 7) is 4.47. The molecule has 5 nitrogen and oxygen atoms in total. The Morgan fingerprint density at radius 3 is 2.73 bits per heavy atom. The Morgan fingerprint density at radius 1 is 1.23 bits per heavy atom. The first-order chi connectivity index (χ1) is 12.3. The molecule has 0 spiro atoms. The number of halogens is 1. The molecule has 2 heterocycles.